The van der Waals surface area contributed by atoms with E-state index in [1.54, 1.807) is 12.4 Å². The first-order chi connectivity index (χ1) is 12.2. The van der Waals surface area contributed by atoms with E-state index in [2.05, 4.69) is 22.4 Å². The molecule has 132 valence electrons. The second-order valence-corrected chi connectivity index (χ2v) is 6.69. The monoisotopic (exact) mass is 339 g/mol. The molecule has 1 aromatic carbocycles. The van der Waals surface area contributed by atoms with Gasteiger partial charge in [-0.2, -0.15) is 0 Å². The Balaban J connectivity index is 1.48. The van der Waals surface area contributed by atoms with E-state index in [1.807, 2.05) is 42.3 Å². The summed E-state index contributed by atoms with van der Waals surface area (Å²) in [6.45, 7) is 2.42. The lowest BCUT2D eigenvalue weighted by Gasteiger charge is -2.21. The summed E-state index contributed by atoms with van der Waals surface area (Å²) < 4.78 is 5.60. The zero-order chi connectivity index (χ0) is 17.5. The lowest BCUT2D eigenvalue weighted by atomic mass is 9.95. The fourth-order valence-corrected chi connectivity index (χ4v) is 3.23. The van der Waals surface area contributed by atoms with Crippen molar-refractivity contribution in [2.75, 3.05) is 26.8 Å². The quantitative estimate of drug-likeness (QED) is 0.837. The fraction of sp³-hybridized carbons (Fsp3) is 0.400. The van der Waals surface area contributed by atoms with Crippen LogP contribution in [0.5, 0.6) is 0 Å². The number of ether oxygens (including phenoxy) is 1. The summed E-state index contributed by atoms with van der Waals surface area (Å²) in [6, 6.07) is 14.3. The van der Waals surface area contributed by atoms with E-state index >= 15 is 0 Å². The third-order valence-electron chi connectivity index (χ3n) is 4.50. The van der Waals surface area contributed by atoms with Gasteiger partial charge in [-0.25, -0.2) is 0 Å². The Labute approximate surface area is 149 Å². The summed E-state index contributed by atoms with van der Waals surface area (Å²) >= 11 is 0. The fourth-order valence-electron chi connectivity index (χ4n) is 3.23. The average Bonchev–Trinajstić information content (AvgIpc) is 3.03. The van der Waals surface area contributed by atoms with Crippen LogP contribution in [0, 0.1) is 5.92 Å². The highest BCUT2D eigenvalue weighted by Gasteiger charge is 2.29. The molecule has 2 atom stereocenters. The van der Waals surface area contributed by atoms with Crippen molar-refractivity contribution in [1.29, 1.82) is 0 Å². The maximum absolute atomic E-state index is 12.4. The van der Waals surface area contributed by atoms with Gasteiger partial charge in [0.25, 0.3) is 0 Å². The predicted octanol–water partition coefficient (Wildman–Crippen LogP) is 1.89. The average molecular weight is 339 g/mol. The van der Waals surface area contributed by atoms with Crippen LogP contribution in [0.25, 0.3) is 0 Å². The molecule has 0 spiro atoms. The molecule has 5 heteroatoms. The Hall–Kier alpha value is -2.24. The minimum atomic E-state index is 0.0497. The van der Waals surface area contributed by atoms with Gasteiger partial charge in [-0.1, -0.05) is 30.3 Å². The maximum Gasteiger partial charge on any atom is 0.234 e. The van der Waals surface area contributed by atoms with E-state index in [4.69, 9.17) is 4.74 Å². The molecule has 0 bridgehead atoms. The molecule has 1 saturated heterocycles. The normalized spacial score (nSPS) is 19.9. The lowest BCUT2D eigenvalue weighted by molar-refractivity contribution is -0.123. The van der Waals surface area contributed by atoms with Crippen molar-refractivity contribution in [3.05, 3.63) is 66.0 Å². The van der Waals surface area contributed by atoms with Gasteiger partial charge in [0.05, 0.1) is 25.8 Å². The number of carbonyl (C=O) groups is 1. The Bertz CT molecular complexity index is 663. The first kappa shape index (κ1) is 17.6. The van der Waals surface area contributed by atoms with Crippen LogP contribution in [0.15, 0.2) is 54.9 Å². The van der Waals surface area contributed by atoms with Gasteiger partial charge in [-0.15, -0.1) is 0 Å². The number of benzene rings is 1. The molecular formula is C20H25N3O2. The number of rotatable bonds is 7. The Morgan fingerprint density at radius 3 is 2.68 bits per heavy atom. The van der Waals surface area contributed by atoms with Gasteiger partial charge in [0.2, 0.25) is 5.91 Å². The van der Waals surface area contributed by atoms with Crippen LogP contribution < -0.4 is 5.32 Å². The number of amides is 1. The highest BCUT2D eigenvalue weighted by Crippen LogP contribution is 2.19. The van der Waals surface area contributed by atoms with Gasteiger partial charge in [-0.3, -0.25) is 14.7 Å². The summed E-state index contributed by atoms with van der Waals surface area (Å²) in [6.07, 6.45) is 4.50. The van der Waals surface area contributed by atoms with E-state index in [9.17, 15) is 4.79 Å². The highest BCUT2D eigenvalue weighted by molar-refractivity contribution is 5.78. The number of nitrogens with zero attached hydrogens (tertiary/aromatic N) is 2. The van der Waals surface area contributed by atoms with Gasteiger partial charge in [0, 0.05) is 24.9 Å². The molecule has 1 aliphatic heterocycles. The maximum atomic E-state index is 12.4. The van der Waals surface area contributed by atoms with E-state index < -0.39 is 0 Å². The zero-order valence-electron chi connectivity index (χ0n) is 14.6. The Morgan fingerprint density at radius 1 is 1.16 bits per heavy atom. The molecule has 0 saturated carbocycles. The van der Waals surface area contributed by atoms with Crippen LogP contribution >= 0.6 is 0 Å². The molecule has 0 unspecified atom stereocenters. The largest absolute Gasteiger partial charge is 0.379 e. The molecular weight excluding hydrogens is 314 g/mol. The molecule has 0 aliphatic carbocycles. The number of likely N-dealkylation sites (N-methyl/N-ethyl adjacent to an activating group) is 1. The highest BCUT2D eigenvalue weighted by atomic mass is 16.5. The lowest BCUT2D eigenvalue weighted by Crippen LogP contribution is -2.44. The summed E-state index contributed by atoms with van der Waals surface area (Å²) in [5.74, 6) is 0.361. The van der Waals surface area contributed by atoms with E-state index in [0.717, 1.165) is 13.0 Å². The van der Waals surface area contributed by atoms with Gasteiger partial charge in [0.15, 0.2) is 0 Å². The van der Waals surface area contributed by atoms with Crippen LogP contribution in [0.2, 0.25) is 0 Å². The van der Waals surface area contributed by atoms with Crippen LogP contribution in [0.4, 0.5) is 0 Å². The van der Waals surface area contributed by atoms with E-state index in [-0.39, 0.29) is 11.9 Å². The molecule has 2 heterocycles. The van der Waals surface area contributed by atoms with Crippen molar-refractivity contribution >= 4 is 5.91 Å². The van der Waals surface area contributed by atoms with E-state index in [1.165, 1.54) is 11.1 Å². The third kappa shape index (κ3) is 5.37. The molecule has 1 aromatic heterocycles. The van der Waals surface area contributed by atoms with E-state index in [0.29, 0.717) is 25.7 Å². The minimum absolute atomic E-state index is 0.0497. The Morgan fingerprint density at radius 2 is 1.92 bits per heavy atom. The smallest absolute Gasteiger partial charge is 0.234 e. The van der Waals surface area contributed by atoms with Crippen molar-refractivity contribution in [2.45, 2.75) is 19.0 Å². The summed E-state index contributed by atoms with van der Waals surface area (Å²) in [5.41, 5.74) is 2.43. The van der Waals surface area contributed by atoms with Crippen molar-refractivity contribution in [3.63, 3.8) is 0 Å². The number of nitrogens with one attached hydrogen (secondary N) is 1. The van der Waals surface area contributed by atoms with Crippen molar-refractivity contribution < 1.29 is 9.53 Å². The van der Waals surface area contributed by atoms with Crippen LogP contribution in [-0.4, -0.2) is 48.6 Å². The summed E-state index contributed by atoms with van der Waals surface area (Å²) in [4.78, 5) is 18.5. The Kier molecular flexibility index (Phi) is 6.14. The van der Waals surface area contributed by atoms with Crippen LogP contribution in [0.3, 0.4) is 0 Å². The molecule has 3 rings (SSSR count). The second kappa shape index (κ2) is 8.74. The number of hydrogen-bond acceptors (Lipinski definition) is 4. The standard InChI is InChI=1S/C20H25N3O2/c1-23(12-17-5-3-2-4-6-17)13-20(24)22-19-15-25-14-18(19)11-16-7-9-21-10-8-16/h2-10,18-19H,11-15H2,1H3,(H,22,24)/t18-,19-/m1/s1. The molecule has 5 nitrogen and oxygen atoms in total. The third-order valence-corrected chi connectivity index (χ3v) is 4.50. The molecule has 1 N–H and O–H groups in total. The van der Waals surface area contributed by atoms with Gasteiger partial charge < -0.3 is 10.1 Å². The molecule has 1 amide bonds. The molecule has 0 radical (unpaired) electrons. The SMILES string of the molecule is CN(CC(=O)N[C@@H]1COC[C@H]1Cc1ccncc1)Cc1ccccc1. The first-order valence-electron chi connectivity index (χ1n) is 8.69. The van der Waals surface area contributed by atoms with Crippen LogP contribution in [0.1, 0.15) is 11.1 Å². The number of carbonyl (C=O) groups excluding carboxylic acids is 1. The van der Waals surface area contributed by atoms with Crippen molar-refractivity contribution in [3.8, 4) is 0 Å². The van der Waals surface area contributed by atoms with Gasteiger partial charge in [-0.05, 0) is 36.7 Å². The zero-order valence-corrected chi connectivity index (χ0v) is 14.6. The minimum Gasteiger partial charge on any atom is -0.379 e. The van der Waals surface area contributed by atoms with Crippen molar-refractivity contribution in [1.82, 2.24) is 15.2 Å². The van der Waals surface area contributed by atoms with Gasteiger partial charge in [0.1, 0.15) is 0 Å². The van der Waals surface area contributed by atoms with Crippen molar-refractivity contribution in [2.24, 2.45) is 5.92 Å². The predicted molar refractivity (Wildman–Crippen MR) is 97.0 cm³/mol. The molecule has 25 heavy (non-hydrogen) atoms. The summed E-state index contributed by atoms with van der Waals surface area (Å²) in [7, 11) is 1.96. The number of aromatic nitrogens is 1. The topological polar surface area (TPSA) is 54.5 Å². The molecule has 1 fully saturated rings. The molecule has 2 aromatic rings. The van der Waals surface area contributed by atoms with Crippen LogP contribution in [-0.2, 0) is 22.5 Å². The summed E-state index contributed by atoms with van der Waals surface area (Å²) in [5, 5.41) is 3.14. The molecule has 1 aliphatic rings. The van der Waals surface area contributed by atoms with Gasteiger partial charge >= 0.3 is 0 Å². The second-order valence-electron chi connectivity index (χ2n) is 6.69. The number of pyridine rings is 1. The number of hydrogen-bond donors (Lipinski definition) is 1. The first-order valence-corrected chi connectivity index (χ1v) is 8.69.